The van der Waals surface area contributed by atoms with Crippen LogP contribution in [0.5, 0.6) is 0 Å². The van der Waals surface area contributed by atoms with Crippen LogP contribution in [-0.2, 0) is 11.3 Å². The van der Waals surface area contributed by atoms with E-state index in [1.165, 1.54) is 12.1 Å². The van der Waals surface area contributed by atoms with Crippen LogP contribution in [0.1, 0.15) is 5.69 Å². The fourth-order valence-corrected chi connectivity index (χ4v) is 2.05. The third-order valence-electron chi connectivity index (χ3n) is 2.45. The van der Waals surface area contributed by atoms with Gasteiger partial charge in [-0.1, -0.05) is 15.9 Å². The standard InChI is InChI=1S/C13H14BrFN2O2/c1-18-3-2-16-7-12-8-19-13(17-12)9-4-10(14)6-11(15)5-9/h4-6,8,16H,2-3,7H2,1H3. The van der Waals surface area contributed by atoms with Crippen molar-refractivity contribution in [2.24, 2.45) is 0 Å². The van der Waals surface area contributed by atoms with Crippen molar-refractivity contribution in [1.29, 1.82) is 0 Å². The van der Waals surface area contributed by atoms with E-state index in [1.54, 1.807) is 19.4 Å². The number of halogens is 2. The molecule has 2 rings (SSSR count). The molecular weight excluding hydrogens is 315 g/mol. The monoisotopic (exact) mass is 328 g/mol. The highest BCUT2D eigenvalue weighted by atomic mass is 79.9. The number of benzene rings is 1. The Labute approximate surface area is 119 Å². The van der Waals surface area contributed by atoms with Gasteiger partial charge in [-0.2, -0.15) is 0 Å². The summed E-state index contributed by atoms with van der Waals surface area (Å²) in [5.74, 6) is 0.0751. The topological polar surface area (TPSA) is 47.3 Å². The molecule has 0 fully saturated rings. The van der Waals surface area contributed by atoms with Crippen LogP contribution in [0.25, 0.3) is 11.5 Å². The third kappa shape index (κ3) is 4.12. The second-order valence-electron chi connectivity index (χ2n) is 3.97. The molecule has 1 heterocycles. The minimum absolute atomic E-state index is 0.331. The molecule has 0 amide bonds. The Bertz CT molecular complexity index is 525. The molecule has 0 radical (unpaired) electrons. The van der Waals surface area contributed by atoms with Gasteiger partial charge in [0.2, 0.25) is 5.89 Å². The van der Waals surface area contributed by atoms with Crippen LogP contribution in [0.15, 0.2) is 33.4 Å². The maximum absolute atomic E-state index is 13.3. The highest BCUT2D eigenvalue weighted by molar-refractivity contribution is 9.10. The van der Waals surface area contributed by atoms with E-state index >= 15 is 0 Å². The SMILES string of the molecule is COCCNCc1coc(-c2cc(F)cc(Br)c2)n1. The molecule has 4 nitrogen and oxygen atoms in total. The Morgan fingerprint density at radius 2 is 2.26 bits per heavy atom. The normalized spacial score (nSPS) is 10.9. The Morgan fingerprint density at radius 3 is 3.00 bits per heavy atom. The maximum Gasteiger partial charge on any atom is 0.226 e. The van der Waals surface area contributed by atoms with Crippen LogP contribution < -0.4 is 5.32 Å². The van der Waals surface area contributed by atoms with Crippen LogP contribution in [0.2, 0.25) is 0 Å². The van der Waals surface area contributed by atoms with Crippen molar-refractivity contribution >= 4 is 15.9 Å². The number of hydrogen-bond acceptors (Lipinski definition) is 4. The summed E-state index contributed by atoms with van der Waals surface area (Å²) in [6, 6.07) is 4.54. The zero-order chi connectivity index (χ0) is 13.7. The summed E-state index contributed by atoms with van der Waals surface area (Å²) in [6.45, 7) is 1.97. The van der Waals surface area contributed by atoms with Crippen LogP contribution in [0.4, 0.5) is 4.39 Å². The zero-order valence-corrected chi connectivity index (χ0v) is 12.0. The molecule has 0 unspecified atom stereocenters. The summed E-state index contributed by atoms with van der Waals surface area (Å²) >= 11 is 3.24. The lowest BCUT2D eigenvalue weighted by atomic mass is 10.2. The van der Waals surface area contributed by atoms with Crippen molar-refractivity contribution < 1.29 is 13.5 Å². The maximum atomic E-state index is 13.3. The molecule has 0 saturated carbocycles. The Balaban J connectivity index is 2.03. The number of rotatable bonds is 6. The molecule has 0 saturated heterocycles. The van der Waals surface area contributed by atoms with E-state index in [4.69, 9.17) is 9.15 Å². The molecule has 2 aromatic rings. The van der Waals surface area contributed by atoms with Gasteiger partial charge in [0.25, 0.3) is 0 Å². The second-order valence-corrected chi connectivity index (χ2v) is 4.89. The van der Waals surface area contributed by atoms with E-state index < -0.39 is 0 Å². The van der Waals surface area contributed by atoms with Crippen molar-refractivity contribution in [2.45, 2.75) is 6.54 Å². The molecular formula is C13H14BrFN2O2. The first-order chi connectivity index (χ1) is 9.19. The molecule has 102 valence electrons. The molecule has 0 aliphatic heterocycles. The van der Waals surface area contributed by atoms with E-state index in [1.807, 2.05) is 0 Å². The van der Waals surface area contributed by atoms with E-state index in [-0.39, 0.29) is 5.82 Å². The first-order valence-corrected chi connectivity index (χ1v) is 6.59. The third-order valence-corrected chi connectivity index (χ3v) is 2.91. The molecule has 1 aromatic heterocycles. The molecule has 0 aliphatic rings. The molecule has 19 heavy (non-hydrogen) atoms. The quantitative estimate of drug-likeness (QED) is 0.828. The van der Waals surface area contributed by atoms with Gasteiger partial charge in [-0.3, -0.25) is 0 Å². The van der Waals surface area contributed by atoms with Crippen LogP contribution in [0, 0.1) is 5.82 Å². The average Bonchev–Trinajstić information content (AvgIpc) is 2.82. The molecule has 0 spiro atoms. The van der Waals surface area contributed by atoms with Gasteiger partial charge in [-0.05, 0) is 18.2 Å². The smallest absolute Gasteiger partial charge is 0.226 e. The largest absolute Gasteiger partial charge is 0.444 e. The van der Waals surface area contributed by atoms with E-state index in [9.17, 15) is 4.39 Å². The number of methoxy groups -OCH3 is 1. The number of oxazole rings is 1. The first kappa shape index (κ1) is 14.2. The van der Waals surface area contributed by atoms with E-state index in [0.29, 0.717) is 29.1 Å². The second kappa shape index (κ2) is 6.79. The summed E-state index contributed by atoms with van der Waals surface area (Å²) in [5.41, 5.74) is 1.38. The van der Waals surface area contributed by atoms with Gasteiger partial charge in [-0.25, -0.2) is 9.37 Å². The highest BCUT2D eigenvalue weighted by Crippen LogP contribution is 2.24. The fourth-order valence-electron chi connectivity index (χ4n) is 1.59. The van der Waals surface area contributed by atoms with Crippen molar-refractivity contribution in [1.82, 2.24) is 10.3 Å². The Kier molecular flexibility index (Phi) is 5.07. The lowest BCUT2D eigenvalue weighted by molar-refractivity contribution is 0.199. The summed E-state index contributed by atoms with van der Waals surface area (Å²) in [4.78, 5) is 4.30. The van der Waals surface area contributed by atoms with Gasteiger partial charge in [0.15, 0.2) is 0 Å². The lowest BCUT2D eigenvalue weighted by Crippen LogP contribution is -2.18. The van der Waals surface area contributed by atoms with Crippen molar-refractivity contribution in [3.05, 3.63) is 40.4 Å². The Morgan fingerprint density at radius 1 is 1.42 bits per heavy atom. The molecule has 0 aliphatic carbocycles. The summed E-state index contributed by atoms with van der Waals surface area (Å²) in [6.07, 6.45) is 1.56. The van der Waals surface area contributed by atoms with Gasteiger partial charge >= 0.3 is 0 Å². The minimum atomic E-state index is -0.331. The number of hydrogen-bond donors (Lipinski definition) is 1. The lowest BCUT2D eigenvalue weighted by Gasteiger charge is -2.00. The number of nitrogens with zero attached hydrogens (tertiary/aromatic N) is 1. The predicted molar refractivity (Wildman–Crippen MR) is 73.2 cm³/mol. The molecule has 6 heteroatoms. The minimum Gasteiger partial charge on any atom is -0.444 e. The molecule has 1 aromatic carbocycles. The van der Waals surface area contributed by atoms with Crippen LogP contribution >= 0.6 is 15.9 Å². The number of nitrogens with one attached hydrogen (secondary N) is 1. The number of aromatic nitrogens is 1. The molecule has 0 atom stereocenters. The van der Waals surface area contributed by atoms with Gasteiger partial charge in [0.1, 0.15) is 12.1 Å². The van der Waals surface area contributed by atoms with Gasteiger partial charge in [0, 0.05) is 30.2 Å². The zero-order valence-electron chi connectivity index (χ0n) is 10.5. The molecule has 1 N–H and O–H groups in total. The van der Waals surface area contributed by atoms with Crippen LogP contribution in [-0.4, -0.2) is 25.2 Å². The predicted octanol–water partition coefficient (Wildman–Crippen LogP) is 2.98. The average molecular weight is 329 g/mol. The highest BCUT2D eigenvalue weighted by Gasteiger charge is 2.08. The summed E-state index contributed by atoms with van der Waals surface area (Å²) < 4.78 is 24.2. The van der Waals surface area contributed by atoms with Gasteiger partial charge in [0.05, 0.1) is 12.3 Å². The van der Waals surface area contributed by atoms with Crippen molar-refractivity contribution in [3.63, 3.8) is 0 Å². The summed E-state index contributed by atoms with van der Waals surface area (Å²) in [7, 11) is 1.65. The van der Waals surface area contributed by atoms with E-state index in [0.717, 1.165) is 12.2 Å². The van der Waals surface area contributed by atoms with Gasteiger partial charge in [-0.15, -0.1) is 0 Å². The number of ether oxygens (including phenoxy) is 1. The van der Waals surface area contributed by atoms with Crippen molar-refractivity contribution in [2.75, 3.05) is 20.3 Å². The molecule has 0 bridgehead atoms. The Hall–Kier alpha value is -1.24. The fraction of sp³-hybridized carbons (Fsp3) is 0.308. The first-order valence-electron chi connectivity index (χ1n) is 5.79. The van der Waals surface area contributed by atoms with Crippen molar-refractivity contribution in [3.8, 4) is 11.5 Å². The van der Waals surface area contributed by atoms with Crippen LogP contribution in [0.3, 0.4) is 0 Å². The summed E-state index contributed by atoms with van der Waals surface area (Å²) in [5, 5.41) is 3.16. The van der Waals surface area contributed by atoms with E-state index in [2.05, 4.69) is 26.2 Å². The van der Waals surface area contributed by atoms with Gasteiger partial charge < -0.3 is 14.5 Å².